The van der Waals surface area contributed by atoms with Crippen LogP contribution in [0.2, 0.25) is 0 Å². The minimum Gasteiger partial charge on any atom is -0.493 e. The van der Waals surface area contributed by atoms with Crippen molar-refractivity contribution in [1.82, 2.24) is 5.32 Å². The van der Waals surface area contributed by atoms with Gasteiger partial charge in [0.1, 0.15) is 5.75 Å². The SMILES string of the molecule is CC1(COc2ccc(CC3SC(=O)NC3=O)cc2)CCCCC1=NO. The van der Waals surface area contributed by atoms with Crippen molar-refractivity contribution in [3.63, 3.8) is 0 Å². The third kappa shape index (κ3) is 4.15. The smallest absolute Gasteiger partial charge is 0.286 e. The molecule has 0 radical (unpaired) electrons. The van der Waals surface area contributed by atoms with Gasteiger partial charge in [-0.1, -0.05) is 42.4 Å². The highest BCUT2D eigenvalue weighted by Gasteiger charge is 2.35. The second-order valence-electron chi connectivity index (χ2n) is 6.83. The van der Waals surface area contributed by atoms with Crippen LogP contribution < -0.4 is 10.1 Å². The lowest BCUT2D eigenvalue weighted by atomic mass is 9.74. The number of nitrogens with one attached hydrogen (secondary N) is 1. The van der Waals surface area contributed by atoms with Crippen LogP contribution in [0.4, 0.5) is 4.79 Å². The van der Waals surface area contributed by atoms with Gasteiger partial charge in [-0.15, -0.1) is 0 Å². The summed E-state index contributed by atoms with van der Waals surface area (Å²) >= 11 is 1.04. The predicted octanol–water partition coefficient (Wildman–Crippen LogP) is 3.37. The van der Waals surface area contributed by atoms with Gasteiger partial charge >= 0.3 is 0 Å². The Labute approximate surface area is 151 Å². The van der Waals surface area contributed by atoms with Gasteiger partial charge in [0.25, 0.3) is 5.24 Å². The van der Waals surface area contributed by atoms with E-state index in [4.69, 9.17) is 4.74 Å². The van der Waals surface area contributed by atoms with Gasteiger partial charge in [-0.25, -0.2) is 0 Å². The largest absolute Gasteiger partial charge is 0.493 e. The molecule has 1 aliphatic heterocycles. The van der Waals surface area contributed by atoms with Crippen molar-refractivity contribution in [2.45, 2.75) is 44.3 Å². The van der Waals surface area contributed by atoms with Crippen LogP contribution in [0, 0.1) is 5.41 Å². The van der Waals surface area contributed by atoms with Crippen molar-refractivity contribution < 1.29 is 19.5 Å². The molecule has 2 unspecified atom stereocenters. The van der Waals surface area contributed by atoms with E-state index in [1.807, 2.05) is 24.3 Å². The van der Waals surface area contributed by atoms with Gasteiger partial charge in [-0.3, -0.25) is 14.9 Å². The minimum absolute atomic E-state index is 0.226. The number of ether oxygens (including phenoxy) is 1. The normalized spacial score (nSPS) is 28.2. The first kappa shape index (κ1) is 17.8. The summed E-state index contributed by atoms with van der Waals surface area (Å²) < 4.78 is 5.91. The summed E-state index contributed by atoms with van der Waals surface area (Å²) in [5.74, 6) is 0.517. The first-order valence-corrected chi connectivity index (χ1v) is 9.33. The van der Waals surface area contributed by atoms with E-state index in [0.29, 0.717) is 13.0 Å². The molecule has 2 aliphatic rings. The average Bonchev–Trinajstić information content (AvgIpc) is 2.92. The molecule has 0 bridgehead atoms. The van der Waals surface area contributed by atoms with Gasteiger partial charge in [0.15, 0.2) is 0 Å². The van der Waals surface area contributed by atoms with Gasteiger partial charge < -0.3 is 9.94 Å². The fraction of sp³-hybridized carbons (Fsp3) is 0.500. The number of carbonyl (C=O) groups excluding carboxylic acids is 2. The van der Waals surface area contributed by atoms with Gasteiger partial charge in [-0.05, 0) is 43.4 Å². The maximum absolute atomic E-state index is 11.6. The van der Waals surface area contributed by atoms with Crippen LogP contribution in [-0.4, -0.2) is 33.9 Å². The van der Waals surface area contributed by atoms with Gasteiger partial charge in [0, 0.05) is 5.41 Å². The number of thioether (sulfide) groups is 1. The molecule has 1 heterocycles. The molecule has 2 amide bonds. The molecule has 6 nitrogen and oxygen atoms in total. The summed E-state index contributed by atoms with van der Waals surface area (Å²) in [6, 6.07) is 7.57. The molecule has 0 aromatic heterocycles. The van der Waals surface area contributed by atoms with Crippen LogP contribution in [0.3, 0.4) is 0 Å². The van der Waals surface area contributed by atoms with Crippen molar-refractivity contribution >= 4 is 28.6 Å². The maximum Gasteiger partial charge on any atom is 0.286 e. The molecule has 1 saturated carbocycles. The Kier molecular flexibility index (Phi) is 5.32. The molecule has 1 aromatic rings. The number of amides is 2. The molecule has 2 atom stereocenters. The van der Waals surface area contributed by atoms with Crippen LogP contribution in [0.15, 0.2) is 29.4 Å². The molecule has 2 fully saturated rings. The van der Waals surface area contributed by atoms with Crippen molar-refractivity contribution in [3.05, 3.63) is 29.8 Å². The van der Waals surface area contributed by atoms with Crippen molar-refractivity contribution in [1.29, 1.82) is 0 Å². The summed E-state index contributed by atoms with van der Waals surface area (Å²) in [4.78, 5) is 22.8. The fourth-order valence-electron chi connectivity index (χ4n) is 3.29. The fourth-order valence-corrected chi connectivity index (χ4v) is 4.15. The van der Waals surface area contributed by atoms with Gasteiger partial charge in [0.05, 0.1) is 17.6 Å². The Morgan fingerprint density at radius 3 is 2.72 bits per heavy atom. The van der Waals surface area contributed by atoms with Crippen molar-refractivity contribution in [2.75, 3.05) is 6.61 Å². The molecule has 2 N–H and O–H groups in total. The van der Waals surface area contributed by atoms with Crippen LogP contribution >= 0.6 is 11.8 Å². The summed E-state index contributed by atoms with van der Waals surface area (Å²) in [5.41, 5.74) is 1.56. The van der Waals surface area contributed by atoms with E-state index < -0.39 is 0 Å². The topological polar surface area (TPSA) is 88.0 Å². The van der Waals surface area contributed by atoms with Gasteiger partial charge in [-0.2, -0.15) is 0 Å². The zero-order valence-electron chi connectivity index (χ0n) is 14.2. The van der Waals surface area contributed by atoms with Crippen LogP contribution in [0.1, 0.15) is 38.2 Å². The average molecular weight is 362 g/mol. The molecule has 25 heavy (non-hydrogen) atoms. The number of imide groups is 1. The summed E-state index contributed by atoms with van der Waals surface area (Å²) in [5, 5.41) is 14.3. The molecular formula is C18H22N2O4S. The van der Waals surface area contributed by atoms with Crippen LogP contribution in [0.5, 0.6) is 5.75 Å². The molecule has 7 heteroatoms. The Hall–Kier alpha value is -2.02. The second-order valence-corrected chi connectivity index (χ2v) is 8.01. The van der Waals surface area contributed by atoms with Gasteiger partial charge in [0.2, 0.25) is 5.91 Å². The Bertz CT molecular complexity index is 689. The standard InChI is InChI=1S/C18H22N2O4S/c1-18(9-3-2-4-15(18)20-23)11-24-13-7-5-12(6-8-13)10-14-16(21)19-17(22)25-14/h5-8,14,23H,2-4,9-11H2,1H3,(H,19,21,22). The molecule has 0 spiro atoms. The third-order valence-electron chi connectivity index (χ3n) is 4.88. The van der Waals surface area contributed by atoms with Crippen molar-refractivity contribution in [3.8, 4) is 5.75 Å². The predicted molar refractivity (Wildman–Crippen MR) is 96.4 cm³/mol. The summed E-state index contributed by atoms with van der Waals surface area (Å²) in [6.07, 6.45) is 4.44. The Morgan fingerprint density at radius 1 is 1.32 bits per heavy atom. The lowest BCUT2D eigenvalue weighted by Gasteiger charge is -2.33. The lowest BCUT2D eigenvalue weighted by molar-refractivity contribution is -0.118. The molecular weight excluding hydrogens is 340 g/mol. The zero-order chi connectivity index (χ0) is 17.9. The molecule has 3 rings (SSSR count). The first-order valence-electron chi connectivity index (χ1n) is 8.45. The highest BCUT2D eigenvalue weighted by Crippen LogP contribution is 2.34. The number of nitrogens with zero attached hydrogens (tertiary/aromatic N) is 1. The van der Waals surface area contributed by atoms with E-state index >= 15 is 0 Å². The highest BCUT2D eigenvalue weighted by molar-refractivity contribution is 8.15. The molecule has 134 valence electrons. The maximum atomic E-state index is 11.6. The monoisotopic (exact) mass is 362 g/mol. The quantitative estimate of drug-likeness (QED) is 0.619. The van der Waals surface area contributed by atoms with Crippen LogP contribution in [0.25, 0.3) is 0 Å². The Balaban J connectivity index is 1.57. The summed E-state index contributed by atoms with van der Waals surface area (Å²) in [7, 11) is 0. The highest BCUT2D eigenvalue weighted by atomic mass is 32.2. The Morgan fingerprint density at radius 2 is 2.08 bits per heavy atom. The number of carbonyl (C=O) groups is 2. The first-order chi connectivity index (χ1) is 12.0. The van der Waals surface area contributed by atoms with E-state index in [-0.39, 0.29) is 21.8 Å². The van der Waals surface area contributed by atoms with Crippen LogP contribution in [-0.2, 0) is 11.2 Å². The van der Waals surface area contributed by atoms with Crippen molar-refractivity contribution in [2.24, 2.45) is 10.6 Å². The second kappa shape index (κ2) is 7.47. The number of benzene rings is 1. The number of hydrogen-bond acceptors (Lipinski definition) is 6. The van der Waals surface area contributed by atoms with E-state index in [0.717, 1.165) is 54.5 Å². The molecule has 1 aliphatic carbocycles. The molecule has 1 saturated heterocycles. The van der Waals surface area contributed by atoms with E-state index in [1.165, 1.54) is 0 Å². The zero-order valence-corrected chi connectivity index (χ0v) is 15.0. The van der Waals surface area contributed by atoms with E-state index in [2.05, 4.69) is 17.4 Å². The number of rotatable bonds is 5. The minimum atomic E-state index is -0.358. The third-order valence-corrected chi connectivity index (χ3v) is 5.86. The summed E-state index contributed by atoms with van der Waals surface area (Å²) in [6.45, 7) is 2.55. The lowest BCUT2D eigenvalue weighted by Crippen LogP contribution is -2.37. The van der Waals surface area contributed by atoms with E-state index in [1.54, 1.807) is 0 Å². The van der Waals surface area contributed by atoms with E-state index in [9.17, 15) is 14.8 Å². The number of hydrogen-bond donors (Lipinski definition) is 2. The molecule has 1 aromatic carbocycles. The number of oxime groups is 1.